The summed E-state index contributed by atoms with van der Waals surface area (Å²) in [5.41, 5.74) is 0. The molecule has 0 N–H and O–H groups in total. The van der Waals surface area contributed by atoms with Gasteiger partial charge < -0.3 is 4.42 Å². The third kappa shape index (κ3) is 1.16. The van der Waals surface area contributed by atoms with E-state index in [9.17, 15) is 4.91 Å². The van der Waals surface area contributed by atoms with Crippen molar-refractivity contribution in [2.45, 2.75) is 13.0 Å². The third-order valence-electron chi connectivity index (χ3n) is 1.11. The number of hydrogen-bond donors (Lipinski definition) is 0. The van der Waals surface area contributed by atoms with Crippen LogP contribution in [0.2, 0.25) is 0 Å². The maximum atomic E-state index is 9.89. The summed E-state index contributed by atoms with van der Waals surface area (Å²) in [5.74, 6) is 0.616. The largest absolute Gasteiger partial charge is 0.467 e. The number of nitrogens with zero attached hydrogens (tertiary/aromatic N) is 1. The fourth-order valence-electron chi connectivity index (χ4n) is 0.581. The van der Waals surface area contributed by atoms with Gasteiger partial charge in [-0.2, -0.15) is 4.91 Å². The predicted molar refractivity (Wildman–Crippen MR) is 32.9 cm³/mol. The van der Waals surface area contributed by atoms with Gasteiger partial charge in [-0.25, -0.2) is 0 Å². The number of rotatable bonds is 2. The van der Waals surface area contributed by atoms with Crippen LogP contribution in [0.15, 0.2) is 28.0 Å². The van der Waals surface area contributed by atoms with Crippen LogP contribution in [0.25, 0.3) is 0 Å². The van der Waals surface area contributed by atoms with Crippen LogP contribution in [0.3, 0.4) is 0 Å². The number of hydrogen-bond acceptors (Lipinski definition) is 3. The molecule has 1 heterocycles. The second-order valence-electron chi connectivity index (χ2n) is 1.80. The summed E-state index contributed by atoms with van der Waals surface area (Å²) in [4.78, 5) is 9.89. The molecule has 0 fully saturated rings. The molecule has 1 unspecified atom stereocenters. The van der Waals surface area contributed by atoms with Gasteiger partial charge in [-0.1, -0.05) is 5.18 Å². The molecule has 1 atom stereocenters. The van der Waals surface area contributed by atoms with E-state index in [2.05, 4.69) is 5.18 Å². The van der Waals surface area contributed by atoms with Gasteiger partial charge in [0.1, 0.15) is 11.8 Å². The van der Waals surface area contributed by atoms with Crippen molar-refractivity contribution in [2.75, 3.05) is 0 Å². The van der Waals surface area contributed by atoms with Crippen LogP contribution in [0.5, 0.6) is 0 Å². The van der Waals surface area contributed by atoms with Gasteiger partial charge in [0.15, 0.2) is 0 Å². The molecule has 3 nitrogen and oxygen atoms in total. The fourth-order valence-corrected chi connectivity index (χ4v) is 0.581. The molecule has 0 aromatic carbocycles. The van der Waals surface area contributed by atoms with Gasteiger partial charge in [-0.3, -0.25) is 0 Å². The maximum absolute atomic E-state index is 9.89. The Kier molecular flexibility index (Phi) is 1.63. The summed E-state index contributed by atoms with van der Waals surface area (Å²) >= 11 is 0. The lowest BCUT2D eigenvalue weighted by Crippen LogP contribution is -1.81. The van der Waals surface area contributed by atoms with Gasteiger partial charge in [0.05, 0.1) is 6.26 Å². The molecule has 0 saturated heterocycles. The summed E-state index contributed by atoms with van der Waals surface area (Å²) in [7, 11) is 0. The molecule has 9 heavy (non-hydrogen) atoms. The van der Waals surface area contributed by atoms with Crippen molar-refractivity contribution in [3.8, 4) is 0 Å². The van der Waals surface area contributed by atoms with Crippen LogP contribution in [0, 0.1) is 4.91 Å². The molecule has 0 aliphatic rings. The highest BCUT2D eigenvalue weighted by Gasteiger charge is 2.05. The van der Waals surface area contributed by atoms with Crippen LogP contribution in [-0.2, 0) is 0 Å². The van der Waals surface area contributed by atoms with Crippen molar-refractivity contribution in [1.82, 2.24) is 0 Å². The van der Waals surface area contributed by atoms with Crippen molar-refractivity contribution in [1.29, 1.82) is 0 Å². The highest BCUT2D eigenvalue weighted by atomic mass is 16.3. The van der Waals surface area contributed by atoms with Gasteiger partial charge in [-0.15, -0.1) is 0 Å². The Hall–Kier alpha value is -1.12. The van der Waals surface area contributed by atoms with E-state index in [0.29, 0.717) is 5.76 Å². The molecule has 0 saturated carbocycles. The second-order valence-corrected chi connectivity index (χ2v) is 1.80. The normalized spacial score (nSPS) is 13.0. The first-order valence-electron chi connectivity index (χ1n) is 2.70. The van der Waals surface area contributed by atoms with E-state index in [1.165, 1.54) is 6.26 Å². The van der Waals surface area contributed by atoms with E-state index in [0.717, 1.165) is 0 Å². The van der Waals surface area contributed by atoms with E-state index in [-0.39, 0.29) is 6.04 Å². The van der Waals surface area contributed by atoms with Gasteiger partial charge in [0.25, 0.3) is 0 Å². The lowest BCUT2D eigenvalue weighted by Gasteiger charge is -1.92. The molecule has 0 spiro atoms. The molecule has 0 bridgehead atoms. The Morgan fingerprint density at radius 1 is 1.78 bits per heavy atom. The predicted octanol–water partition coefficient (Wildman–Crippen LogP) is 2.11. The van der Waals surface area contributed by atoms with Gasteiger partial charge >= 0.3 is 0 Å². The van der Waals surface area contributed by atoms with E-state index < -0.39 is 0 Å². The average Bonchev–Trinajstić information content (AvgIpc) is 2.37. The van der Waals surface area contributed by atoms with Crippen molar-refractivity contribution in [3.63, 3.8) is 0 Å². The summed E-state index contributed by atoms with van der Waals surface area (Å²) in [6.07, 6.45) is 1.52. The number of nitroso groups, excluding NO2 is 1. The lowest BCUT2D eigenvalue weighted by molar-refractivity contribution is 0.479. The first kappa shape index (κ1) is 6.01. The smallest absolute Gasteiger partial charge is 0.147 e. The zero-order valence-electron chi connectivity index (χ0n) is 5.07. The minimum absolute atomic E-state index is 0.361. The first-order valence-corrected chi connectivity index (χ1v) is 2.70. The molecule has 1 aromatic heterocycles. The summed E-state index contributed by atoms with van der Waals surface area (Å²) < 4.78 is 4.89. The lowest BCUT2D eigenvalue weighted by atomic mass is 10.3. The standard InChI is InChI=1S/C6H7NO2/c1-5(7-8)6-3-2-4-9-6/h2-5H,1H3. The van der Waals surface area contributed by atoms with Crippen molar-refractivity contribution >= 4 is 0 Å². The van der Waals surface area contributed by atoms with Crippen molar-refractivity contribution < 1.29 is 4.42 Å². The zero-order chi connectivity index (χ0) is 6.69. The maximum Gasteiger partial charge on any atom is 0.147 e. The SMILES string of the molecule is CC(N=O)c1ccco1. The quantitative estimate of drug-likeness (QED) is 0.568. The van der Waals surface area contributed by atoms with Crippen LogP contribution in [-0.4, -0.2) is 0 Å². The molecule has 0 amide bonds. The van der Waals surface area contributed by atoms with Crippen LogP contribution in [0.1, 0.15) is 18.7 Å². The Labute approximate surface area is 52.7 Å². The van der Waals surface area contributed by atoms with E-state index >= 15 is 0 Å². The van der Waals surface area contributed by atoms with E-state index in [1.807, 2.05) is 0 Å². The minimum atomic E-state index is -0.361. The molecule has 1 aromatic rings. The third-order valence-corrected chi connectivity index (χ3v) is 1.11. The summed E-state index contributed by atoms with van der Waals surface area (Å²) in [5, 5.41) is 2.79. The molecule has 48 valence electrons. The average molecular weight is 125 g/mol. The van der Waals surface area contributed by atoms with Gasteiger partial charge in [0.2, 0.25) is 0 Å². The topological polar surface area (TPSA) is 42.6 Å². The highest BCUT2D eigenvalue weighted by Crippen LogP contribution is 2.15. The molecular weight excluding hydrogens is 118 g/mol. The van der Waals surface area contributed by atoms with Gasteiger partial charge in [0, 0.05) is 0 Å². The minimum Gasteiger partial charge on any atom is -0.467 e. The molecule has 0 aliphatic heterocycles. The zero-order valence-corrected chi connectivity index (χ0v) is 5.07. The fraction of sp³-hybridized carbons (Fsp3) is 0.333. The van der Waals surface area contributed by atoms with Gasteiger partial charge in [-0.05, 0) is 19.1 Å². The molecule has 0 aliphatic carbocycles. The summed E-state index contributed by atoms with van der Waals surface area (Å²) in [6, 6.07) is 3.10. The Balaban J connectivity index is 2.76. The van der Waals surface area contributed by atoms with Crippen LogP contribution >= 0.6 is 0 Å². The highest BCUT2D eigenvalue weighted by molar-refractivity contribution is 5.02. The molecule has 1 rings (SSSR count). The van der Waals surface area contributed by atoms with Crippen molar-refractivity contribution in [3.05, 3.63) is 29.1 Å². The Morgan fingerprint density at radius 2 is 2.56 bits per heavy atom. The molecule has 3 heteroatoms. The van der Waals surface area contributed by atoms with E-state index in [1.54, 1.807) is 19.1 Å². The van der Waals surface area contributed by atoms with E-state index in [4.69, 9.17) is 4.42 Å². The Morgan fingerprint density at radius 3 is 3.00 bits per heavy atom. The van der Waals surface area contributed by atoms with Crippen LogP contribution < -0.4 is 0 Å². The summed E-state index contributed by atoms with van der Waals surface area (Å²) in [6.45, 7) is 1.69. The first-order chi connectivity index (χ1) is 4.34. The molecular formula is C6H7NO2. The van der Waals surface area contributed by atoms with Crippen LogP contribution in [0.4, 0.5) is 0 Å². The van der Waals surface area contributed by atoms with Crippen molar-refractivity contribution in [2.24, 2.45) is 5.18 Å². The Bertz CT molecular complexity index is 181. The molecule has 0 radical (unpaired) electrons. The number of furan rings is 1. The monoisotopic (exact) mass is 125 g/mol. The second kappa shape index (κ2) is 2.44.